The van der Waals surface area contributed by atoms with E-state index >= 15 is 0 Å². The van der Waals surface area contributed by atoms with Crippen molar-refractivity contribution in [1.29, 1.82) is 0 Å². The van der Waals surface area contributed by atoms with Crippen molar-refractivity contribution in [2.75, 3.05) is 18.4 Å². The van der Waals surface area contributed by atoms with Crippen LogP contribution in [0.5, 0.6) is 0 Å². The molecule has 4 rings (SSSR count). The molecule has 0 spiro atoms. The molecule has 28 heavy (non-hydrogen) atoms. The third-order valence-electron chi connectivity index (χ3n) is 4.94. The highest BCUT2D eigenvalue weighted by Gasteiger charge is 2.27. The van der Waals surface area contributed by atoms with Crippen molar-refractivity contribution < 1.29 is 18.5 Å². The molecular weight excluding hydrogens is 383 g/mol. The Morgan fingerprint density at radius 3 is 2.86 bits per heavy atom. The number of thiazole rings is 1. The summed E-state index contributed by atoms with van der Waals surface area (Å²) in [5, 5.41) is 9.81. The lowest BCUT2D eigenvalue weighted by molar-refractivity contribution is -0.133. The van der Waals surface area contributed by atoms with Gasteiger partial charge in [-0.25, -0.2) is 9.37 Å². The molecule has 1 fully saturated rings. The molecule has 9 heteroatoms. The van der Waals surface area contributed by atoms with Crippen LogP contribution in [0.15, 0.2) is 34.3 Å². The lowest BCUT2D eigenvalue weighted by atomic mass is 9.91. The minimum atomic E-state index is -0.319. The molecule has 0 unspecified atom stereocenters. The fraction of sp³-hybridized carbons (Fsp3) is 0.368. The number of likely N-dealkylation sites (tertiary alicyclic amines) is 1. The van der Waals surface area contributed by atoms with Crippen molar-refractivity contribution in [3.8, 4) is 0 Å². The van der Waals surface area contributed by atoms with Gasteiger partial charge in [-0.1, -0.05) is 5.16 Å². The number of aromatic nitrogens is 2. The van der Waals surface area contributed by atoms with Crippen LogP contribution >= 0.6 is 11.3 Å². The number of fused-ring (bicyclic) bond motifs is 1. The highest BCUT2D eigenvalue weighted by atomic mass is 32.1. The SMILES string of the molecule is O=C(CCC(=O)N1CCC(c2noc3ccc(F)cc23)CC1)Nc1nccs1. The van der Waals surface area contributed by atoms with Gasteiger partial charge in [-0.15, -0.1) is 11.3 Å². The fourth-order valence-corrected chi connectivity index (χ4v) is 4.02. The number of benzene rings is 1. The third kappa shape index (κ3) is 4.04. The molecule has 1 aromatic carbocycles. The van der Waals surface area contributed by atoms with Crippen molar-refractivity contribution in [2.45, 2.75) is 31.6 Å². The molecule has 1 aliphatic heterocycles. The number of nitrogens with one attached hydrogen (secondary N) is 1. The monoisotopic (exact) mass is 402 g/mol. The molecule has 2 amide bonds. The molecule has 0 saturated carbocycles. The molecule has 0 radical (unpaired) electrons. The molecule has 0 aliphatic carbocycles. The van der Waals surface area contributed by atoms with Crippen LogP contribution in [0.1, 0.15) is 37.3 Å². The average molecular weight is 402 g/mol. The van der Waals surface area contributed by atoms with Gasteiger partial charge in [0.15, 0.2) is 10.7 Å². The smallest absolute Gasteiger partial charge is 0.226 e. The maximum absolute atomic E-state index is 13.5. The van der Waals surface area contributed by atoms with E-state index in [1.165, 1.54) is 23.5 Å². The van der Waals surface area contributed by atoms with Crippen molar-refractivity contribution >= 4 is 39.3 Å². The Balaban J connectivity index is 1.29. The quantitative estimate of drug-likeness (QED) is 0.705. The van der Waals surface area contributed by atoms with Gasteiger partial charge in [0.25, 0.3) is 0 Å². The maximum atomic E-state index is 13.5. The zero-order valence-corrected chi connectivity index (χ0v) is 15.9. The van der Waals surface area contributed by atoms with Gasteiger partial charge in [0.05, 0.1) is 5.69 Å². The van der Waals surface area contributed by atoms with Crippen LogP contribution in [0.4, 0.5) is 9.52 Å². The van der Waals surface area contributed by atoms with E-state index in [9.17, 15) is 14.0 Å². The van der Waals surface area contributed by atoms with Gasteiger partial charge in [-0.3, -0.25) is 9.59 Å². The standard InChI is InChI=1S/C19H19FN4O3S/c20-13-1-2-15-14(11-13)18(23-27-15)12-5-8-24(9-6-12)17(26)4-3-16(25)22-19-21-7-10-28-19/h1-2,7,10-12H,3-6,8-9H2,(H,21,22,25). The van der Waals surface area contributed by atoms with Gasteiger partial charge >= 0.3 is 0 Å². The van der Waals surface area contributed by atoms with E-state index in [4.69, 9.17) is 4.52 Å². The lowest BCUT2D eigenvalue weighted by Gasteiger charge is -2.31. The molecule has 1 aliphatic rings. The number of rotatable bonds is 5. The summed E-state index contributed by atoms with van der Waals surface area (Å²) in [6.45, 7) is 1.17. The first-order chi connectivity index (χ1) is 13.6. The predicted molar refractivity (Wildman–Crippen MR) is 102 cm³/mol. The van der Waals surface area contributed by atoms with E-state index in [2.05, 4.69) is 15.5 Å². The summed E-state index contributed by atoms with van der Waals surface area (Å²) in [6.07, 6.45) is 3.37. The number of hydrogen-bond donors (Lipinski definition) is 1. The highest BCUT2D eigenvalue weighted by Crippen LogP contribution is 2.33. The van der Waals surface area contributed by atoms with Crippen molar-refractivity contribution in [3.63, 3.8) is 0 Å². The van der Waals surface area contributed by atoms with Crippen molar-refractivity contribution in [2.24, 2.45) is 0 Å². The summed E-state index contributed by atoms with van der Waals surface area (Å²) in [6, 6.07) is 4.37. The lowest BCUT2D eigenvalue weighted by Crippen LogP contribution is -2.38. The van der Waals surface area contributed by atoms with Crippen LogP contribution < -0.4 is 5.32 Å². The molecule has 2 aromatic heterocycles. The molecular formula is C19H19FN4O3S. The van der Waals surface area contributed by atoms with E-state index in [1.807, 2.05) is 0 Å². The Morgan fingerprint density at radius 1 is 1.29 bits per heavy atom. The van der Waals surface area contributed by atoms with Crippen LogP contribution in [0.25, 0.3) is 11.0 Å². The van der Waals surface area contributed by atoms with E-state index in [0.29, 0.717) is 29.2 Å². The van der Waals surface area contributed by atoms with Gasteiger partial charge < -0.3 is 14.7 Å². The Kier molecular flexibility index (Phi) is 5.34. The summed E-state index contributed by atoms with van der Waals surface area (Å²) >= 11 is 1.34. The second kappa shape index (κ2) is 8.05. The summed E-state index contributed by atoms with van der Waals surface area (Å²) in [7, 11) is 0. The first-order valence-corrected chi connectivity index (χ1v) is 10.00. The van der Waals surface area contributed by atoms with E-state index in [1.54, 1.807) is 22.5 Å². The number of carbonyl (C=O) groups is 2. The van der Waals surface area contributed by atoms with E-state index in [0.717, 1.165) is 18.5 Å². The van der Waals surface area contributed by atoms with Gasteiger partial charge in [-0.2, -0.15) is 0 Å². The zero-order valence-electron chi connectivity index (χ0n) is 15.1. The van der Waals surface area contributed by atoms with E-state index < -0.39 is 0 Å². The third-order valence-corrected chi connectivity index (χ3v) is 5.63. The van der Waals surface area contributed by atoms with Crippen LogP contribution in [0, 0.1) is 5.82 Å². The summed E-state index contributed by atoms with van der Waals surface area (Å²) < 4.78 is 18.8. The van der Waals surface area contributed by atoms with Gasteiger partial charge in [-0.05, 0) is 31.0 Å². The molecule has 3 heterocycles. The first-order valence-electron chi connectivity index (χ1n) is 9.12. The molecule has 1 saturated heterocycles. The van der Waals surface area contributed by atoms with Crippen molar-refractivity contribution in [3.05, 3.63) is 41.3 Å². The fourth-order valence-electron chi connectivity index (χ4n) is 3.47. The molecule has 0 bridgehead atoms. The van der Waals surface area contributed by atoms with Crippen molar-refractivity contribution in [1.82, 2.24) is 15.0 Å². The van der Waals surface area contributed by atoms with Gasteiger partial charge in [0.2, 0.25) is 11.8 Å². The van der Waals surface area contributed by atoms with Crippen LogP contribution in [0.3, 0.4) is 0 Å². The minimum absolute atomic E-state index is 0.0382. The highest BCUT2D eigenvalue weighted by molar-refractivity contribution is 7.13. The number of nitrogens with zero attached hydrogens (tertiary/aromatic N) is 3. The molecule has 3 aromatic rings. The predicted octanol–water partition coefficient (Wildman–Crippen LogP) is 3.55. The van der Waals surface area contributed by atoms with Crippen LogP contribution in [-0.4, -0.2) is 39.9 Å². The second-order valence-corrected chi connectivity index (χ2v) is 7.64. The minimum Gasteiger partial charge on any atom is -0.356 e. The molecule has 1 N–H and O–H groups in total. The largest absolute Gasteiger partial charge is 0.356 e. The number of carbonyl (C=O) groups excluding carboxylic acids is 2. The number of halogens is 1. The van der Waals surface area contributed by atoms with Crippen LogP contribution in [-0.2, 0) is 9.59 Å². The second-order valence-electron chi connectivity index (χ2n) is 6.75. The number of anilines is 1. The van der Waals surface area contributed by atoms with Gasteiger partial charge in [0.1, 0.15) is 5.82 Å². The number of piperidine rings is 1. The van der Waals surface area contributed by atoms with Crippen LogP contribution in [0.2, 0.25) is 0 Å². The topological polar surface area (TPSA) is 88.3 Å². The zero-order chi connectivity index (χ0) is 19.5. The number of amides is 2. The Morgan fingerprint density at radius 2 is 2.11 bits per heavy atom. The Hall–Kier alpha value is -2.81. The normalized spacial score (nSPS) is 15.1. The molecule has 7 nitrogen and oxygen atoms in total. The Labute approximate surface area is 164 Å². The first kappa shape index (κ1) is 18.5. The van der Waals surface area contributed by atoms with Gasteiger partial charge in [0, 0.05) is 48.8 Å². The molecule has 146 valence electrons. The number of hydrogen-bond acceptors (Lipinski definition) is 6. The molecule has 0 atom stereocenters. The van der Waals surface area contributed by atoms with E-state index in [-0.39, 0.29) is 36.4 Å². The summed E-state index contributed by atoms with van der Waals surface area (Å²) in [5.74, 6) is -0.445. The maximum Gasteiger partial charge on any atom is 0.226 e. The summed E-state index contributed by atoms with van der Waals surface area (Å²) in [5.41, 5.74) is 1.32. The average Bonchev–Trinajstić information content (AvgIpc) is 3.35. The Bertz CT molecular complexity index is 980. The summed E-state index contributed by atoms with van der Waals surface area (Å²) in [4.78, 5) is 30.1.